The molecule has 1 aromatic heterocycles. The number of nitrogens with one attached hydrogen (secondary N) is 2. The molecule has 0 aliphatic rings. The summed E-state index contributed by atoms with van der Waals surface area (Å²) < 4.78 is 13.2. The zero-order chi connectivity index (χ0) is 18.9. The van der Waals surface area contributed by atoms with Crippen LogP contribution in [0.15, 0.2) is 71.9 Å². The van der Waals surface area contributed by atoms with Gasteiger partial charge in [0, 0.05) is 33.9 Å². The van der Waals surface area contributed by atoms with Crippen LogP contribution in [0.1, 0.15) is 19.4 Å². The van der Waals surface area contributed by atoms with Gasteiger partial charge in [0.05, 0.1) is 0 Å². The Labute approximate surface area is 152 Å². The Morgan fingerprint density at radius 2 is 1.73 bits per heavy atom. The van der Waals surface area contributed by atoms with Gasteiger partial charge < -0.3 is 4.57 Å². The molecule has 0 saturated heterocycles. The van der Waals surface area contributed by atoms with Crippen LogP contribution >= 0.6 is 0 Å². The number of allylic oxidation sites excluding steroid dienone is 4. The van der Waals surface area contributed by atoms with Crippen molar-refractivity contribution in [3.63, 3.8) is 0 Å². The lowest BCUT2D eigenvalue weighted by Gasteiger charge is -2.04. The molecule has 0 unspecified atom stereocenters. The first-order valence-corrected chi connectivity index (χ1v) is 8.43. The lowest BCUT2D eigenvalue weighted by Crippen LogP contribution is -1.96. The van der Waals surface area contributed by atoms with Crippen LogP contribution < -0.4 is 0 Å². The maximum Gasteiger partial charge on any atom is 0.173 e. The van der Waals surface area contributed by atoms with Gasteiger partial charge in [-0.25, -0.2) is 9.92 Å². The third-order valence-electron chi connectivity index (χ3n) is 4.01. The van der Waals surface area contributed by atoms with Crippen LogP contribution in [0.3, 0.4) is 0 Å². The second-order valence-corrected chi connectivity index (χ2v) is 5.61. The average molecular weight is 350 g/mol. The quantitative estimate of drug-likeness (QED) is 0.241. The molecule has 0 aliphatic carbocycles. The van der Waals surface area contributed by atoms with Crippen molar-refractivity contribution in [1.82, 2.24) is 4.57 Å². The van der Waals surface area contributed by atoms with Crippen molar-refractivity contribution in [2.75, 3.05) is 6.67 Å². The van der Waals surface area contributed by atoms with Crippen molar-refractivity contribution >= 4 is 27.6 Å². The fourth-order valence-electron chi connectivity index (χ4n) is 2.76. The standard InChI is InChI=1S/C17H16N4.C4H7F/c1-2-3-10-21-15-7-5-4-6-13(15)14-11-12(17(18)20-19)8-9-16(14)21;1-2-3-4-5/h2-9,11,18-19H,10H2,1H3;2-3H,4H2,1H3/b3-2+,18-17?,20-19?;3-2-. The van der Waals surface area contributed by atoms with Crippen molar-refractivity contribution in [2.24, 2.45) is 5.11 Å². The first kappa shape index (κ1) is 19.2. The molecule has 0 amide bonds. The summed E-state index contributed by atoms with van der Waals surface area (Å²) in [5.41, 5.74) is 9.98. The van der Waals surface area contributed by atoms with Gasteiger partial charge in [0.1, 0.15) is 6.67 Å². The minimum atomic E-state index is -0.337. The van der Waals surface area contributed by atoms with Crippen molar-refractivity contribution in [3.05, 3.63) is 72.3 Å². The maximum absolute atomic E-state index is 10.9. The van der Waals surface area contributed by atoms with E-state index in [1.54, 1.807) is 13.0 Å². The van der Waals surface area contributed by atoms with E-state index in [-0.39, 0.29) is 12.5 Å². The SMILES string of the molecule is C/C=C/Cn1c2ccccc2c2cc(C(=N)N=N)ccc21.C/C=C\CF. The van der Waals surface area contributed by atoms with Crippen LogP contribution in [0.5, 0.6) is 0 Å². The van der Waals surface area contributed by atoms with E-state index in [2.05, 4.69) is 27.9 Å². The molecule has 2 aromatic carbocycles. The van der Waals surface area contributed by atoms with Gasteiger partial charge in [0.15, 0.2) is 5.84 Å². The summed E-state index contributed by atoms with van der Waals surface area (Å²) in [6, 6.07) is 14.1. The van der Waals surface area contributed by atoms with Crippen LogP contribution in [0.25, 0.3) is 21.8 Å². The first-order chi connectivity index (χ1) is 12.7. The zero-order valence-electron chi connectivity index (χ0n) is 15.0. The predicted molar refractivity (Wildman–Crippen MR) is 107 cm³/mol. The van der Waals surface area contributed by atoms with Gasteiger partial charge in [0.25, 0.3) is 0 Å². The van der Waals surface area contributed by atoms with E-state index in [0.717, 1.165) is 22.8 Å². The van der Waals surface area contributed by atoms with Gasteiger partial charge in [-0.05, 0) is 38.1 Å². The minimum Gasteiger partial charge on any atom is -0.337 e. The number of fused-ring (bicyclic) bond motifs is 3. The van der Waals surface area contributed by atoms with E-state index in [0.29, 0.717) is 5.56 Å². The Morgan fingerprint density at radius 3 is 2.35 bits per heavy atom. The summed E-state index contributed by atoms with van der Waals surface area (Å²) >= 11 is 0. The second-order valence-electron chi connectivity index (χ2n) is 5.61. The van der Waals surface area contributed by atoms with Crippen molar-refractivity contribution in [1.29, 1.82) is 10.9 Å². The molecule has 0 bridgehead atoms. The Balaban J connectivity index is 0.000000431. The molecule has 0 aliphatic heterocycles. The van der Waals surface area contributed by atoms with E-state index < -0.39 is 0 Å². The summed E-state index contributed by atoms with van der Waals surface area (Å²) in [4.78, 5) is 0. The second kappa shape index (κ2) is 9.42. The van der Waals surface area contributed by atoms with Crippen LogP contribution in [-0.2, 0) is 6.54 Å². The average Bonchev–Trinajstić information content (AvgIpc) is 3.00. The highest BCUT2D eigenvalue weighted by Crippen LogP contribution is 2.30. The summed E-state index contributed by atoms with van der Waals surface area (Å²) in [6.07, 6.45) is 7.31. The molecule has 134 valence electrons. The molecule has 0 fully saturated rings. The first-order valence-electron chi connectivity index (χ1n) is 8.43. The van der Waals surface area contributed by atoms with Gasteiger partial charge in [0.2, 0.25) is 0 Å². The molecule has 0 saturated carbocycles. The van der Waals surface area contributed by atoms with Gasteiger partial charge in [-0.3, -0.25) is 5.41 Å². The minimum absolute atomic E-state index is 0.0119. The van der Waals surface area contributed by atoms with E-state index in [1.165, 1.54) is 11.6 Å². The lowest BCUT2D eigenvalue weighted by atomic mass is 10.1. The number of amidine groups is 1. The normalized spacial score (nSPS) is 11.2. The third-order valence-corrected chi connectivity index (χ3v) is 4.01. The summed E-state index contributed by atoms with van der Waals surface area (Å²) in [6.45, 7) is 4.29. The van der Waals surface area contributed by atoms with Gasteiger partial charge in [-0.2, -0.15) is 0 Å². The van der Waals surface area contributed by atoms with Crippen molar-refractivity contribution in [3.8, 4) is 0 Å². The predicted octanol–water partition coefficient (Wildman–Crippen LogP) is 6.26. The number of rotatable bonds is 4. The van der Waals surface area contributed by atoms with Gasteiger partial charge in [-0.15, -0.1) is 5.11 Å². The fraction of sp³-hybridized carbons (Fsp3) is 0.190. The molecule has 1 heterocycles. The van der Waals surface area contributed by atoms with Crippen molar-refractivity contribution in [2.45, 2.75) is 20.4 Å². The molecule has 3 aromatic rings. The summed E-state index contributed by atoms with van der Waals surface area (Å²) in [7, 11) is 0. The zero-order valence-corrected chi connectivity index (χ0v) is 15.0. The maximum atomic E-state index is 10.9. The molecular weight excluding hydrogens is 327 g/mol. The molecule has 4 nitrogen and oxygen atoms in total. The Hall–Kier alpha value is -3.08. The highest BCUT2D eigenvalue weighted by Gasteiger charge is 2.11. The number of benzene rings is 2. The Kier molecular flexibility index (Phi) is 6.97. The number of alkyl halides is 1. The number of hydrogen-bond acceptors (Lipinski definition) is 2. The molecule has 3 rings (SSSR count). The summed E-state index contributed by atoms with van der Waals surface area (Å²) in [5.74, 6) is -0.0119. The Bertz CT molecular complexity index is 967. The van der Waals surface area contributed by atoms with Crippen LogP contribution in [-0.4, -0.2) is 17.1 Å². The topological polar surface area (TPSA) is 65.0 Å². The highest BCUT2D eigenvalue weighted by molar-refractivity contribution is 6.11. The largest absolute Gasteiger partial charge is 0.337 e. The molecule has 5 heteroatoms. The van der Waals surface area contributed by atoms with E-state index in [1.807, 2.05) is 43.3 Å². The van der Waals surface area contributed by atoms with Crippen LogP contribution in [0, 0.1) is 10.9 Å². The van der Waals surface area contributed by atoms with Gasteiger partial charge in [-0.1, -0.05) is 42.5 Å². The number of para-hydroxylation sites is 1. The molecular formula is C21H23FN4. The molecule has 26 heavy (non-hydrogen) atoms. The number of nitrogens with zero attached hydrogens (tertiary/aromatic N) is 2. The molecule has 0 radical (unpaired) electrons. The smallest absolute Gasteiger partial charge is 0.173 e. The number of hydrogen-bond donors (Lipinski definition) is 2. The highest BCUT2D eigenvalue weighted by atomic mass is 19.1. The molecule has 2 N–H and O–H groups in total. The van der Waals surface area contributed by atoms with E-state index in [4.69, 9.17) is 10.9 Å². The fourth-order valence-corrected chi connectivity index (χ4v) is 2.76. The van der Waals surface area contributed by atoms with E-state index in [9.17, 15) is 4.39 Å². The number of aromatic nitrogens is 1. The third kappa shape index (κ3) is 4.11. The van der Waals surface area contributed by atoms with Crippen LogP contribution in [0.4, 0.5) is 4.39 Å². The Morgan fingerprint density at radius 1 is 1.04 bits per heavy atom. The molecule has 0 atom stereocenters. The number of halogens is 1. The monoisotopic (exact) mass is 350 g/mol. The van der Waals surface area contributed by atoms with Crippen molar-refractivity contribution < 1.29 is 4.39 Å². The summed E-state index contributed by atoms with van der Waals surface area (Å²) in [5, 5.41) is 13.2. The van der Waals surface area contributed by atoms with E-state index >= 15 is 0 Å². The molecule has 0 spiro atoms. The van der Waals surface area contributed by atoms with Gasteiger partial charge >= 0.3 is 0 Å². The van der Waals surface area contributed by atoms with Crippen LogP contribution in [0.2, 0.25) is 0 Å². The lowest BCUT2D eigenvalue weighted by molar-refractivity contribution is 0.561.